The van der Waals surface area contributed by atoms with Crippen molar-refractivity contribution in [1.82, 2.24) is 0 Å². The Labute approximate surface area is 51.6 Å². The molecule has 0 atom stereocenters. The summed E-state index contributed by atoms with van der Waals surface area (Å²) in [6.07, 6.45) is -2.34. The summed E-state index contributed by atoms with van der Waals surface area (Å²) in [6, 6.07) is 0. The van der Waals surface area contributed by atoms with Crippen molar-refractivity contribution in [2.45, 2.75) is 19.5 Å². The van der Waals surface area contributed by atoms with Crippen LogP contribution in [0.4, 0.5) is 13.2 Å². The van der Waals surface area contributed by atoms with Crippen LogP contribution in [0, 0.1) is 0 Å². The zero-order valence-corrected chi connectivity index (χ0v) is 5.07. The number of hydrogen-bond acceptors (Lipinski definition) is 1. The average molecular weight is 139 g/mol. The Kier molecular flexibility index (Phi) is 3.27. The maximum Gasteiger partial charge on any atom is 0.407 e. The van der Waals surface area contributed by atoms with Gasteiger partial charge < -0.3 is 0 Å². The summed E-state index contributed by atoms with van der Waals surface area (Å²) in [4.78, 5) is 3.11. The average Bonchev–Trinajstić information content (AvgIpc) is 1.63. The second kappa shape index (κ2) is 3.48. The van der Waals surface area contributed by atoms with Gasteiger partial charge in [0.25, 0.3) is 0 Å². The molecule has 54 valence electrons. The van der Waals surface area contributed by atoms with Gasteiger partial charge in [-0.1, -0.05) is 6.92 Å². The van der Waals surface area contributed by atoms with Gasteiger partial charge in [-0.05, 0) is 12.6 Å². The van der Waals surface area contributed by atoms with Crippen LogP contribution in [0.5, 0.6) is 0 Å². The first-order valence-electron chi connectivity index (χ1n) is 2.61. The third kappa shape index (κ3) is 7.46. The predicted octanol–water partition coefficient (Wildman–Crippen LogP) is 2.03. The summed E-state index contributed by atoms with van der Waals surface area (Å²) in [5.74, 6) is 0. The highest BCUT2D eigenvalue weighted by atomic mass is 19.4. The first kappa shape index (κ1) is 8.46. The topological polar surface area (TPSA) is 12.4 Å². The van der Waals surface area contributed by atoms with Crippen molar-refractivity contribution in [1.29, 1.82) is 0 Å². The lowest BCUT2D eigenvalue weighted by atomic mass is 10.5. The largest absolute Gasteiger partial charge is 0.407 e. The molecule has 0 aromatic rings. The summed E-state index contributed by atoms with van der Waals surface area (Å²) < 4.78 is 33.8. The van der Waals surface area contributed by atoms with E-state index < -0.39 is 12.7 Å². The van der Waals surface area contributed by atoms with Crippen LogP contribution in [0.2, 0.25) is 0 Å². The monoisotopic (exact) mass is 139 g/mol. The molecule has 0 saturated carbocycles. The molecule has 0 heterocycles. The highest BCUT2D eigenvalue weighted by Gasteiger charge is 2.25. The normalized spacial score (nSPS) is 12.9. The molecule has 0 N–H and O–H groups in total. The van der Waals surface area contributed by atoms with Crippen molar-refractivity contribution < 1.29 is 13.2 Å². The molecule has 0 fully saturated rings. The molecular formula is C5H8F3N. The lowest BCUT2D eigenvalue weighted by Gasteiger charge is -1.98. The van der Waals surface area contributed by atoms with Crippen LogP contribution in [0.15, 0.2) is 4.99 Å². The van der Waals surface area contributed by atoms with Crippen LogP contribution in [0.25, 0.3) is 0 Å². The van der Waals surface area contributed by atoms with Crippen molar-refractivity contribution in [3.8, 4) is 0 Å². The van der Waals surface area contributed by atoms with E-state index in [4.69, 9.17) is 0 Å². The van der Waals surface area contributed by atoms with Crippen molar-refractivity contribution in [2.75, 3.05) is 6.54 Å². The first-order valence-corrected chi connectivity index (χ1v) is 2.61. The lowest BCUT2D eigenvalue weighted by molar-refractivity contribution is -0.118. The molecule has 0 aliphatic heterocycles. The van der Waals surface area contributed by atoms with Crippen LogP contribution in [-0.4, -0.2) is 18.9 Å². The van der Waals surface area contributed by atoms with Crippen molar-refractivity contribution in [3.05, 3.63) is 0 Å². The summed E-state index contributed by atoms with van der Waals surface area (Å²) in [7, 11) is 0. The Morgan fingerprint density at radius 3 is 2.33 bits per heavy atom. The zero-order chi connectivity index (χ0) is 7.33. The van der Waals surface area contributed by atoms with Gasteiger partial charge in [-0.15, -0.1) is 0 Å². The van der Waals surface area contributed by atoms with Crippen LogP contribution in [-0.2, 0) is 0 Å². The maximum absolute atomic E-state index is 11.3. The zero-order valence-electron chi connectivity index (χ0n) is 5.07. The van der Waals surface area contributed by atoms with E-state index in [1.807, 2.05) is 0 Å². The van der Waals surface area contributed by atoms with E-state index in [0.29, 0.717) is 6.42 Å². The molecule has 0 radical (unpaired) electrons. The Morgan fingerprint density at radius 1 is 1.44 bits per heavy atom. The number of halogens is 3. The van der Waals surface area contributed by atoms with E-state index in [9.17, 15) is 13.2 Å². The van der Waals surface area contributed by atoms with Gasteiger partial charge in [0.15, 0.2) is 0 Å². The Balaban J connectivity index is 3.38. The molecule has 0 rings (SSSR count). The summed E-state index contributed by atoms with van der Waals surface area (Å²) in [5, 5.41) is 0. The first-order chi connectivity index (χ1) is 4.06. The van der Waals surface area contributed by atoms with E-state index >= 15 is 0 Å². The molecule has 0 bridgehead atoms. The van der Waals surface area contributed by atoms with Crippen LogP contribution in [0.1, 0.15) is 13.3 Å². The van der Waals surface area contributed by atoms with Gasteiger partial charge in [-0.2, -0.15) is 13.2 Å². The number of aliphatic imine (C=N–C) groups is 1. The Hall–Kier alpha value is -0.540. The van der Waals surface area contributed by atoms with Gasteiger partial charge in [0, 0.05) is 0 Å². The van der Waals surface area contributed by atoms with Crippen LogP contribution in [0.3, 0.4) is 0 Å². The Morgan fingerprint density at radius 2 is 2.00 bits per heavy atom. The number of hydrogen-bond donors (Lipinski definition) is 0. The minimum absolute atomic E-state index is 0.552. The van der Waals surface area contributed by atoms with Gasteiger partial charge in [0.2, 0.25) is 0 Å². The van der Waals surface area contributed by atoms with Crippen molar-refractivity contribution in [2.24, 2.45) is 4.99 Å². The fourth-order valence-corrected chi connectivity index (χ4v) is 0.297. The van der Waals surface area contributed by atoms with E-state index in [0.717, 1.165) is 0 Å². The quantitative estimate of drug-likeness (QED) is 0.519. The minimum Gasteiger partial charge on any atom is -0.288 e. The van der Waals surface area contributed by atoms with Crippen molar-refractivity contribution >= 4 is 6.21 Å². The molecule has 4 heteroatoms. The lowest BCUT2D eigenvalue weighted by Crippen LogP contribution is -2.11. The van der Waals surface area contributed by atoms with Gasteiger partial charge in [0.1, 0.15) is 6.54 Å². The molecular weight excluding hydrogens is 131 g/mol. The summed E-state index contributed by atoms with van der Waals surface area (Å²) >= 11 is 0. The van der Waals surface area contributed by atoms with E-state index in [2.05, 4.69) is 4.99 Å². The molecule has 0 aromatic heterocycles. The standard InChI is InChI=1S/C5H8F3N/c1-2-3-9-4-5(6,7)8/h3H,2,4H2,1H3. The number of nitrogens with zero attached hydrogens (tertiary/aromatic N) is 1. The SMILES string of the molecule is CCC=NCC(F)(F)F. The predicted molar refractivity (Wildman–Crippen MR) is 29.7 cm³/mol. The van der Waals surface area contributed by atoms with Crippen LogP contribution >= 0.6 is 0 Å². The smallest absolute Gasteiger partial charge is 0.288 e. The third-order valence-electron chi connectivity index (χ3n) is 0.582. The number of rotatable bonds is 2. The van der Waals surface area contributed by atoms with E-state index in [1.54, 1.807) is 6.92 Å². The van der Waals surface area contributed by atoms with Gasteiger partial charge >= 0.3 is 6.18 Å². The molecule has 1 nitrogen and oxygen atoms in total. The van der Waals surface area contributed by atoms with Crippen LogP contribution < -0.4 is 0 Å². The fourth-order valence-electron chi connectivity index (χ4n) is 0.297. The van der Waals surface area contributed by atoms with E-state index in [-0.39, 0.29) is 0 Å². The molecule has 9 heavy (non-hydrogen) atoms. The van der Waals surface area contributed by atoms with Gasteiger partial charge in [-0.3, -0.25) is 4.99 Å². The highest BCUT2D eigenvalue weighted by molar-refractivity contribution is 5.56. The molecule has 0 spiro atoms. The number of alkyl halides is 3. The van der Waals surface area contributed by atoms with Gasteiger partial charge in [0.05, 0.1) is 0 Å². The summed E-state index contributed by atoms with van der Waals surface area (Å²) in [6.45, 7) is 0.681. The minimum atomic E-state index is -4.15. The van der Waals surface area contributed by atoms with Crippen molar-refractivity contribution in [3.63, 3.8) is 0 Å². The Bertz CT molecular complexity index is 94.9. The third-order valence-corrected chi connectivity index (χ3v) is 0.582. The molecule has 0 aliphatic carbocycles. The second-order valence-corrected chi connectivity index (χ2v) is 1.55. The molecule has 0 aromatic carbocycles. The fraction of sp³-hybridized carbons (Fsp3) is 0.800. The molecule has 0 saturated heterocycles. The molecule has 0 aliphatic rings. The molecule has 0 unspecified atom stereocenters. The molecule has 0 amide bonds. The summed E-state index contributed by atoms with van der Waals surface area (Å²) in [5.41, 5.74) is 0. The van der Waals surface area contributed by atoms with E-state index in [1.165, 1.54) is 6.21 Å². The maximum atomic E-state index is 11.3. The second-order valence-electron chi connectivity index (χ2n) is 1.55. The van der Waals surface area contributed by atoms with Gasteiger partial charge in [-0.25, -0.2) is 0 Å². The highest BCUT2D eigenvalue weighted by Crippen LogP contribution is 2.13.